The van der Waals surface area contributed by atoms with Gasteiger partial charge in [0, 0.05) is 18.2 Å². The van der Waals surface area contributed by atoms with Crippen LogP contribution in [0.1, 0.15) is 35.4 Å². The third-order valence-electron chi connectivity index (χ3n) is 5.42. The fourth-order valence-corrected chi connectivity index (χ4v) is 3.80. The number of carbonyl (C=O) groups is 1. The number of aliphatic hydroxyl groups is 1. The Kier molecular flexibility index (Phi) is 5.57. The molecule has 1 aliphatic rings. The maximum Gasteiger partial charge on any atom is 0.433 e. The van der Waals surface area contributed by atoms with Crippen LogP contribution in [-0.4, -0.2) is 56.8 Å². The average Bonchev–Trinajstić information content (AvgIpc) is 3.21. The highest BCUT2D eigenvalue weighted by Crippen LogP contribution is 2.33. The molecule has 7 nitrogen and oxygen atoms in total. The first kappa shape index (κ1) is 21.1. The first-order chi connectivity index (χ1) is 14.8. The van der Waals surface area contributed by atoms with Crippen molar-refractivity contribution in [3.63, 3.8) is 0 Å². The number of likely N-dealkylation sites (tertiary alicyclic amines) is 1. The molecular formula is C21H21F3N4O3. The van der Waals surface area contributed by atoms with E-state index >= 15 is 0 Å². The zero-order valence-electron chi connectivity index (χ0n) is 16.8. The topological polar surface area (TPSA) is 80.0 Å². The molecule has 1 atom stereocenters. The zero-order chi connectivity index (χ0) is 22.2. The van der Waals surface area contributed by atoms with Gasteiger partial charge in [0.05, 0.1) is 25.5 Å². The van der Waals surface area contributed by atoms with Gasteiger partial charge >= 0.3 is 6.18 Å². The number of carbonyl (C=O) groups excluding carboxylic acids is 1. The van der Waals surface area contributed by atoms with Gasteiger partial charge in [0.25, 0.3) is 5.91 Å². The van der Waals surface area contributed by atoms with Crippen LogP contribution in [0.5, 0.6) is 5.75 Å². The molecule has 10 heteroatoms. The minimum Gasteiger partial charge on any atom is -0.497 e. The van der Waals surface area contributed by atoms with Crippen LogP contribution in [0.15, 0.2) is 36.4 Å². The summed E-state index contributed by atoms with van der Waals surface area (Å²) in [5.41, 5.74) is -0.668. The number of halogens is 3. The molecule has 3 aromatic rings. The van der Waals surface area contributed by atoms with Crippen molar-refractivity contribution >= 4 is 11.6 Å². The van der Waals surface area contributed by atoms with Gasteiger partial charge in [0.15, 0.2) is 17.0 Å². The van der Waals surface area contributed by atoms with E-state index in [-0.39, 0.29) is 29.7 Å². The summed E-state index contributed by atoms with van der Waals surface area (Å²) < 4.78 is 47.1. The Labute approximate surface area is 176 Å². The molecule has 1 fully saturated rings. The lowest BCUT2D eigenvalue weighted by atomic mass is 10.0. The van der Waals surface area contributed by atoms with E-state index in [0.29, 0.717) is 28.8 Å². The highest BCUT2D eigenvalue weighted by atomic mass is 19.4. The molecule has 31 heavy (non-hydrogen) atoms. The number of amides is 1. The Hall–Kier alpha value is -3.14. The summed E-state index contributed by atoms with van der Waals surface area (Å²) >= 11 is 0. The Morgan fingerprint density at radius 1 is 1.23 bits per heavy atom. The van der Waals surface area contributed by atoms with E-state index in [2.05, 4.69) is 10.1 Å². The molecule has 0 bridgehead atoms. The quantitative estimate of drug-likeness (QED) is 0.681. The van der Waals surface area contributed by atoms with E-state index < -0.39 is 17.8 Å². The highest BCUT2D eigenvalue weighted by molar-refractivity contribution is 5.93. The molecule has 164 valence electrons. The highest BCUT2D eigenvalue weighted by Gasteiger charge is 2.36. The van der Waals surface area contributed by atoms with Gasteiger partial charge < -0.3 is 14.7 Å². The fourth-order valence-electron chi connectivity index (χ4n) is 3.80. The predicted octanol–water partition coefficient (Wildman–Crippen LogP) is 3.41. The first-order valence-electron chi connectivity index (χ1n) is 9.86. The summed E-state index contributed by atoms with van der Waals surface area (Å²) in [5.74, 6) is 0.0569. The number of aliphatic hydroxyl groups excluding tert-OH is 1. The summed E-state index contributed by atoms with van der Waals surface area (Å²) in [5, 5.41) is 13.5. The Balaban J connectivity index is 1.79. The fraction of sp³-hybridized carbons (Fsp3) is 0.381. The largest absolute Gasteiger partial charge is 0.497 e. The van der Waals surface area contributed by atoms with Crippen LogP contribution < -0.4 is 4.74 Å². The number of fused-ring (bicyclic) bond motifs is 1. The van der Waals surface area contributed by atoms with Gasteiger partial charge in [-0.3, -0.25) is 4.79 Å². The molecule has 0 radical (unpaired) electrons. The Bertz CT molecular complexity index is 1100. The number of ether oxygens (including phenoxy) is 1. The van der Waals surface area contributed by atoms with Crippen LogP contribution in [-0.2, 0) is 6.18 Å². The van der Waals surface area contributed by atoms with Crippen molar-refractivity contribution in [2.45, 2.75) is 31.5 Å². The van der Waals surface area contributed by atoms with Gasteiger partial charge in [-0.1, -0.05) is 0 Å². The lowest BCUT2D eigenvalue weighted by Gasteiger charge is -2.34. The second-order valence-electron chi connectivity index (χ2n) is 7.38. The van der Waals surface area contributed by atoms with Crippen molar-refractivity contribution in [2.75, 3.05) is 20.3 Å². The lowest BCUT2D eigenvalue weighted by Crippen LogP contribution is -2.45. The third-order valence-corrected chi connectivity index (χ3v) is 5.42. The molecule has 1 N–H and O–H groups in total. The van der Waals surface area contributed by atoms with Crippen molar-refractivity contribution < 1.29 is 27.8 Å². The number of alkyl halides is 3. The molecule has 0 aliphatic carbocycles. The van der Waals surface area contributed by atoms with Crippen LogP contribution in [0, 0.1) is 0 Å². The number of benzene rings is 1. The Morgan fingerprint density at radius 2 is 1.97 bits per heavy atom. The Morgan fingerprint density at radius 3 is 2.61 bits per heavy atom. The van der Waals surface area contributed by atoms with Gasteiger partial charge in [0.1, 0.15) is 5.75 Å². The number of nitrogens with zero attached hydrogens (tertiary/aromatic N) is 4. The average molecular weight is 434 g/mol. The van der Waals surface area contributed by atoms with Crippen molar-refractivity contribution in [2.24, 2.45) is 0 Å². The standard InChI is InChI=1S/C21H21F3N4O3/c1-31-15-7-5-13(6-8-15)16-10-18(21(22,23)24)28-19(25-16)11-17(26-28)20(30)27-9-3-2-4-14(27)12-29/h5-8,10-11,14,29H,2-4,9,12H2,1H3. The molecule has 1 aromatic carbocycles. The second-order valence-corrected chi connectivity index (χ2v) is 7.38. The van der Waals surface area contributed by atoms with E-state index in [1.54, 1.807) is 24.3 Å². The number of hydrogen-bond donors (Lipinski definition) is 1. The first-order valence-corrected chi connectivity index (χ1v) is 9.86. The molecule has 4 rings (SSSR count). The van der Waals surface area contributed by atoms with Gasteiger partial charge in [-0.05, 0) is 49.6 Å². The van der Waals surface area contributed by atoms with Crippen molar-refractivity contribution in [1.29, 1.82) is 0 Å². The van der Waals surface area contributed by atoms with Crippen LogP contribution in [0.3, 0.4) is 0 Å². The number of aromatic nitrogens is 3. The van der Waals surface area contributed by atoms with E-state index in [4.69, 9.17) is 4.74 Å². The molecule has 1 aliphatic heterocycles. The normalized spacial score (nSPS) is 17.2. The van der Waals surface area contributed by atoms with Crippen LogP contribution >= 0.6 is 0 Å². The van der Waals surface area contributed by atoms with Gasteiger partial charge in [0.2, 0.25) is 0 Å². The van der Waals surface area contributed by atoms with E-state index in [9.17, 15) is 23.1 Å². The predicted molar refractivity (Wildman–Crippen MR) is 106 cm³/mol. The summed E-state index contributed by atoms with van der Waals surface area (Å²) in [7, 11) is 1.50. The van der Waals surface area contributed by atoms with E-state index in [0.717, 1.165) is 18.9 Å². The summed E-state index contributed by atoms with van der Waals surface area (Å²) in [4.78, 5) is 18.7. The minimum atomic E-state index is -4.70. The minimum absolute atomic E-state index is 0.0819. The van der Waals surface area contributed by atoms with E-state index in [1.165, 1.54) is 18.1 Å². The van der Waals surface area contributed by atoms with E-state index in [1.807, 2.05) is 0 Å². The molecule has 3 heterocycles. The summed E-state index contributed by atoms with van der Waals surface area (Å²) in [6, 6.07) is 8.29. The van der Waals surface area contributed by atoms with Crippen LogP contribution in [0.4, 0.5) is 13.2 Å². The molecule has 1 saturated heterocycles. The van der Waals surface area contributed by atoms with Gasteiger partial charge in [-0.15, -0.1) is 0 Å². The van der Waals surface area contributed by atoms with Crippen molar-refractivity contribution in [1.82, 2.24) is 19.5 Å². The summed E-state index contributed by atoms with van der Waals surface area (Å²) in [6.45, 7) is 0.224. The van der Waals surface area contributed by atoms with Crippen LogP contribution in [0.25, 0.3) is 16.9 Å². The summed E-state index contributed by atoms with van der Waals surface area (Å²) in [6.07, 6.45) is -2.41. The maximum absolute atomic E-state index is 13.8. The second kappa shape index (κ2) is 8.18. The molecule has 1 unspecified atom stereocenters. The zero-order valence-corrected chi connectivity index (χ0v) is 16.8. The maximum atomic E-state index is 13.8. The van der Waals surface area contributed by atoms with Gasteiger partial charge in [-0.25, -0.2) is 9.50 Å². The number of rotatable bonds is 4. The number of hydrogen-bond acceptors (Lipinski definition) is 5. The molecular weight excluding hydrogens is 413 g/mol. The molecule has 0 saturated carbocycles. The number of piperidine rings is 1. The molecule has 0 spiro atoms. The molecule has 2 aromatic heterocycles. The number of methoxy groups -OCH3 is 1. The van der Waals surface area contributed by atoms with Gasteiger partial charge in [-0.2, -0.15) is 18.3 Å². The molecule has 1 amide bonds. The van der Waals surface area contributed by atoms with Crippen molar-refractivity contribution in [3.05, 3.63) is 47.8 Å². The lowest BCUT2D eigenvalue weighted by molar-refractivity contribution is -0.142. The van der Waals surface area contributed by atoms with Crippen molar-refractivity contribution in [3.8, 4) is 17.0 Å². The smallest absolute Gasteiger partial charge is 0.433 e. The SMILES string of the molecule is COc1ccc(-c2cc(C(F)(F)F)n3nc(C(=O)N4CCCCC4CO)cc3n2)cc1. The monoisotopic (exact) mass is 434 g/mol. The van der Waals surface area contributed by atoms with Crippen LogP contribution in [0.2, 0.25) is 0 Å². The third kappa shape index (κ3) is 4.07.